The first-order valence-corrected chi connectivity index (χ1v) is 31.9. The Kier molecular flexibility index (Phi) is 26.1. The molecule has 2 amide bonds. The summed E-state index contributed by atoms with van der Waals surface area (Å²) in [6.07, 6.45) is 8.32. The molecule has 0 aromatic heterocycles. The van der Waals surface area contributed by atoms with E-state index in [0.717, 1.165) is 62.5 Å². The predicted molar refractivity (Wildman–Crippen MR) is 219 cm³/mol. The fourth-order valence-electron chi connectivity index (χ4n) is 5.57. The summed E-state index contributed by atoms with van der Waals surface area (Å²) in [5, 5.41) is 5.28. The van der Waals surface area contributed by atoms with E-state index in [-0.39, 0.29) is 48.7 Å². The highest BCUT2D eigenvalue weighted by molar-refractivity contribution is 6.85. The van der Waals surface area contributed by atoms with Gasteiger partial charge in [-0.2, -0.15) is 0 Å². The minimum atomic E-state index is -2.10. The maximum atomic E-state index is 12.8. The van der Waals surface area contributed by atoms with Gasteiger partial charge >= 0.3 is 0 Å². The lowest BCUT2D eigenvalue weighted by Gasteiger charge is -2.31. The van der Waals surface area contributed by atoms with E-state index in [2.05, 4.69) is 56.5 Å². The molecule has 0 spiro atoms. The largest absolute Gasteiger partial charge is 0.461 e. The van der Waals surface area contributed by atoms with E-state index in [4.69, 9.17) is 23.8 Å². The summed E-state index contributed by atoms with van der Waals surface area (Å²) in [5.74, 6) is -1.49. The molecule has 0 aromatic carbocycles. The molecule has 0 saturated heterocycles. The van der Waals surface area contributed by atoms with Crippen molar-refractivity contribution in [2.45, 2.75) is 120 Å². The number of carbonyl (C=O) groups is 6. The highest BCUT2D eigenvalue weighted by Gasteiger charge is 2.31. The first kappa shape index (κ1) is 49.3. The summed E-state index contributed by atoms with van der Waals surface area (Å²) < 4.78 is 20.4. The molecule has 0 rings (SSSR count). The Balaban J connectivity index is 5.48. The van der Waals surface area contributed by atoms with Gasteiger partial charge in [-0.15, -0.1) is 0 Å². The van der Waals surface area contributed by atoms with Gasteiger partial charge in [-0.3, -0.25) is 9.59 Å². The zero-order valence-electron chi connectivity index (χ0n) is 32.2. The highest BCUT2D eigenvalue weighted by atomic mass is 28.4. The molecule has 13 nitrogen and oxygen atoms in total. The summed E-state index contributed by atoms with van der Waals surface area (Å²) in [4.78, 5) is 69.9. The van der Waals surface area contributed by atoms with Crippen molar-refractivity contribution < 1.29 is 41.1 Å². The van der Waals surface area contributed by atoms with Crippen molar-refractivity contribution in [3.63, 3.8) is 0 Å². The first-order chi connectivity index (χ1) is 23.9. The fraction of sp³-hybridized carbons (Fsp3) is 0.750. The molecule has 0 aliphatic carbocycles. The average molecular weight is 821 g/mol. The molecule has 0 aromatic rings. The zero-order valence-corrected chi connectivity index (χ0v) is 39.4. The third kappa shape index (κ3) is 25.8. The molecule has 3 atom stereocenters. The molecule has 0 saturated carbocycles. The van der Waals surface area contributed by atoms with E-state index in [9.17, 15) is 28.8 Å². The Labute approximate surface area is 316 Å². The summed E-state index contributed by atoms with van der Waals surface area (Å²) in [6.45, 7) is 17.5. The van der Waals surface area contributed by atoms with Crippen molar-refractivity contribution in [3.05, 3.63) is 12.4 Å². The lowest BCUT2D eigenvalue weighted by molar-refractivity contribution is -0.130. The number of aldehydes is 4. The van der Waals surface area contributed by atoms with Gasteiger partial charge in [0.25, 0.3) is 0 Å². The Morgan fingerprint density at radius 1 is 0.745 bits per heavy atom. The van der Waals surface area contributed by atoms with Crippen LogP contribution in [0.5, 0.6) is 0 Å². The van der Waals surface area contributed by atoms with Crippen molar-refractivity contribution in [1.29, 1.82) is 0 Å². The molecule has 19 heteroatoms. The third-order valence-corrected chi connectivity index (χ3v) is 30.6. The monoisotopic (exact) mass is 820 g/mol. The lowest BCUT2D eigenvalue weighted by atomic mass is 9.98. The van der Waals surface area contributed by atoms with Crippen molar-refractivity contribution in [3.8, 4) is 0 Å². The third-order valence-electron chi connectivity index (χ3n) is 8.90. The van der Waals surface area contributed by atoms with Crippen molar-refractivity contribution >= 4 is 91.2 Å². The fourth-order valence-corrected chi connectivity index (χ4v) is 26.2. The summed E-state index contributed by atoms with van der Waals surface area (Å²) >= 11 is 0. The average Bonchev–Trinajstić information content (AvgIpc) is 3.05. The molecule has 0 aliphatic heterocycles. The second-order valence-corrected chi connectivity index (χ2v) is 38.9. The number of carbonyl (C=O) groups excluding carboxylic acids is 6. The molecule has 0 bridgehead atoms. The van der Waals surface area contributed by atoms with Gasteiger partial charge in [0.2, 0.25) is 11.8 Å². The van der Waals surface area contributed by atoms with Crippen LogP contribution in [0.15, 0.2) is 12.4 Å². The van der Waals surface area contributed by atoms with Crippen LogP contribution in [0.3, 0.4) is 0 Å². The minimum absolute atomic E-state index is 0.0452. The Morgan fingerprint density at radius 2 is 1.16 bits per heavy atom. The van der Waals surface area contributed by atoms with E-state index in [0.29, 0.717) is 37.1 Å². The second kappa shape index (κ2) is 27.0. The van der Waals surface area contributed by atoms with Gasteiger partial charge in [0.05, 0.1) is 5.82 Å². The Bertz CT molecular complexity index is 1040. The molecular weight excluding hydrogens is 753 g/mol. The summed E-state index contributed by atoms with van der Waals surface area (Å²) in [5.41, 5.74) is 11.1. The van der Waals surface area contributed by atoms with E-state index in [1.54, 1.807) is 0 Å². The molecule has 294 valence electrons. The lowest BCUT2D eigenvalue weighted by Crippen LogP contribution is -2.42. The van der Waals surface area contributed by atoms with Crippen molar-refractivity contribution in [1.82, 2.24) is 10.6 Å². The summed E-state index contributed by atoms with van der Waals surface area (Å²) in [6, 6.07) is 2.69. The van der Waals surface area contributed by atoms with Crippen LogP contribution in [-0.2, 0) is 41.1 Å². The number of rotatable bonds is 33. The van der Waals surface area contributed by atoms with Crippen LogP contribution >= 0.6 is 0 Å². The molecular formula is C32H68N4O9Si6. The topological polar surface area (TPSA) is 206 Å². The van der Waals surface area contributed by atoms with Crippen LogP contribution in [0.25, 0.3) is 0 Å². The first-order valence-electron chi connectivity index (χ1n) is 18.3. The van der Waals surface area contributed by atoms with E-state index < -0.39 is 60.2 Å². The van der Waals surface area contributed by atoms with E-state index in [1.807, 2.05) is 0 Å². The maximum Gasteiger partial charge on any atom is 0.229 e. The SMILES string of the molecule is C=C(N)NC(=O)C(CCC[Si](C)(C)O[SiH2]C([SiH2]O[Si](C)(C)CCCC(C=O)CC=O)[SiH2]O[Si](C)(C)CCCC(C=O)CC=O)CC(=O)NCCN. The Hall–Kier alpha value is -1.70. The molecule has 51 heavy (non-hydrogen) atoms. The van der Waals surface area contributed by atoms with Crippen molar-refractivity contribution in [2.24, 2.45) is 29.2 Å². The van der Waals surface area contributed by atoms with E-state index >= 15 is 0 Å². The Morgan fingerprint density at radius 3 is 1.51 bits per heavy atom. The van der Waals surface area contributed by atoms with Gasteiger partial charge in [0, 0.05) is 50.1 Å². The van der Waals surface area contributed by atoms with Gasteiger partial charge in [-0.05, 0) is 81.5 Å². The van der Waals surface area contributed by atoms with Crippen molar-refractivity contribution in [2.75, 3.05) is 13.1 Å². The van der Waals surface area contributed by atoms with Gasteiger partial charge in [-0.1, -0.05) is 25.8 Å². The number of nitrogens with one attached hydrogen (secondary N) is 2. The van der Waals surface area contributed by atoms with E-state index in [1.165, 1.54) is 0 Å². The normalized spacial score (nSPS) is 15.2. The maximum absolute atomic E-state index is 12.8. The van der Waals surface area contributed by atoms with Gasteiger partial charge < -0.3 is 53.6 Å². The zero-order chi connectivity index (χ0) is 38.9. The van der Waals surface area contributed by atoms with Crippen LogP contribution in [0.1, 0.15) is 57.8 Å². The van der Waals surface area contributed by atoms with Crippen LogP contribution in [-0.4, -0.2) is 104 Å². The molecule has 0 radical (unpaired) electrons. The molecule has 6 N–H and O–H groups in total. The number of hydrogen-bond acceptors (Lipinski definition) is 11. The van der Waals surface area contributed by atoms with Gasteiger partial charge in [0.1, 0.15) is 54.4 Å². The molecule has 0 heterocycles. The standard InChI is InChI=1S/C32H68N4O9Si6/c1-26(34)36-31(42)29(23-30(41)35-17-16-33)13-10-22-51(6,7)45-48-32(46-43-49(2,3)20-8-11-27(24-39)14-18-37)47-44-50(4,5)21-9-12-28(25-40)15-19-38/h18-19,24-25,27-29,32H,1,8-17,20-23,33-34,46-48H2,2-7H3,(H,35,41)(H,36,42). The highest BCUT2D eigenvalue weighted by Crippen LogP contribution is 2.24. The molecule has 0 aliphatic rings. The van der Waals surface area contributed by atoms with Crippen LogP contribution < -0.4 is 22.1 Å². The van der Waals surface area contributed by atoms with Crippen LogP contribution in [0.4, 0.5) is 0 Å². The minimum Gasteiger partial charge on any atom is -0.461 e. The molecule has 0 fully saturated rings. The quantitative estimate of drug-likeness (QED) is 0.0550. The second-order valence-electron chi connectivity index (χ2n) is 15.4. The molecule has 3 unspecified atom stereocenters. The van der Waals surface area contributed by atoms with Crippen LogP contribution in [0, 0.1) is 17.8 Å². The van der Waals surface area contributed by atoms with Gasteiger partial charge in [-0.25, -0.2) is 0 Å². The number of nitrogens with two attached hydrogens (primary N) is 2. The van der Waals surface area contributed by atoms with Crippen LogP contribution in [0.2, 0.25) is 62.2 Å². The predicted octanol–water partition coefficient (Wildman–Crippen LogP) is 1.38. The summed E-state index contributed by atoms with van der Waals surface area (Å²) in [7, 11) is -8.95. The number of amides is 2. The van der Waals surface area contributed by atoms with Gasteiger partial charge in [0.15, 0.2) is 25.0 Å². The smallest absolute Gasteiger partial charge is 0.229 e. The number of hydrogen-bond donors (Lipinski definition) is 4.